The van der Waals surface area contributed by atoms with E-state index < -0.39 is 0 Å². The van der Waals surface area contributed by atoms with Crippen molar-refractivity contribution in [2.75, 3.05) is 0 Å². The van der Waals surface area contributed by atoms with Gasteiger partial charge in [0, 0.05) is 0 Å². The van der Waals surface area contributed by atoms with E-state index in [-0.39, 0.29) is 37.2 Å². The number of allylic oxidation sites excluding steroid dienone is 4. The van der Waals surface area contributed by atoms with Crippen molar-refractivity contribution in [2.45, 2.75) is 13.3 Å². The van der Waals surface area contributed by atoms with Gasteiger partial charge < -0.3 is 37.2 Å². The maximum absolute atomic E-state index is 2.25. The smallest absolute Gasteiger partial charge is 1.00 e. The van der Waals surface area contributed by atoms with Crippen LogP contribution in [-0.2, 0) is 20.4 Å². The molecule has 0 saturated carbocycles. The molecule has 0 aromatic carbocycles. The molecule has 1 rings (SSSR count). The second kappa shape index (κ2) is 8.16. The molecule has 0 unspecified atom stereocenters. The summed E-state index contributed by atoms with van der Waals surface area (Å²) in [5.41, 5.74) is 1.41. The van der Waals surface area contributed by atoms with Gasteiger partial charge >= 0.3 is 55.4 Å². The van der Waals surface area contributed by atoms with E-state index in [9.17, 15) is 0 Å². The molecule has 10 heavy (non-hydrogen) atoms. The van der Waals surface area contributed by atoms with Crippen molar-refractivity contribution in [3.05, 3.63) is 21.6 Å². The molecule has 1 aliphatic rings. The zero-order valence-corrected chi connectivity index (χ0v) is 9.33. The molecule has 0 spiro atoms. The Morgan fingerprint density at radius 2 is 1.80 bits per heavy atom. The first-order valence-corrected chi connectivity index (χ1v) is 3.16. The molecule has 0 atom stereocenters. The van der Waals surface area contributed by atoms with Gasteiger partial charge in [0.15, 0.2) is 0 Å². The van der Waals surface area contributed by atoms with Gasteiger partial charge in [0.05, 0.1) is 0 Å². The van der Waals surface area contributed by atoms with Gasteiger partial charge in [0.25, 0.3) is 0 Å². The van der Waals surface area contributed by atoms with Gasteiger partial charge in [0.2, 0.25) is 0 Å². The van der Waals surface area contributed by atoms with Crippen LogP contribution in [0.4, 0.5) is 0 Å². The Hall–Kier alpha value is 1.06. The topological polar surface area (TPSA) is 0 Å². The van der Waals surface area contributed by atoms with Gasteiger partial charge in [-0.1, -0.05) is 0 Å². The molecule has 0 saturated heterocycles. The first kappa shape index (κ1) is 17.2. The predicted molar refractivity (Wildman–Crippen MR) is 26.5 cm³/mol. The van der Waals surface area contributed by atoms with Gasteiger partial charge in [-0.3, -0.25) is 0 Å². The van der Waals surface area contributed by atoms with Crippen LogP contribution in [0.3, 0.4) is 0 Å². The summed E-state index contributed by atoms with van der Waals surface area (Å²) in [6.07, 6.45) is 5.64. The number of hydrogen-bond acceptors (Lipinski definition) is 0. The molecule has 0 bridgehead atoms. The quantitative estimate of drug-likeness (QED) is 0.365. The van der Waals surface area contributed by atoms with Gasteiger partial charge in [-0.25, -0.2) is 0 Å². The van der Waals surface area contributed by atoms with Crippen LogP contribution in [0.5, 0.6) is 0 Å². The largest absolute Gasteiger partial charge is 1.00 e. The minimum atomic E-state index is 0. The normalized spacial score (nSPS) is 13.5. The minimum Gasteiger partial charge on any atom is -1.00 e. The Bertz CT molecular complexity index is 140. The van der Waals surface area contributed by atoms with Gasteiger partial charge in [0.1, 0.15) is 0 Å². The molecule has 4 heteroatoms. The number of hydrogen-bond donors (Lipinski definition) is 0. The molecule has 1 aliphatic carbocycles. The van der Waals surface area contributed by atoms with Crippen LogP contribution in [-0.4, -0.2) is 0 Å². The molecule has 0 fully saturated rings. The third-order valence-electron chi connectivity index (χ3n) is 1.05. The van der Waals surface area contributed by atoms with Crippen LogP contribution in [0, 0.1) is 0 Å². The maximum Gasteiger partial charge on any atom is -1.00 e. The maximum atomic E-state index is 2.25. The van der Waals surface area contributed by atoms with E-state index in [1.165, 1.54) is 15.9 Å². The van der Waals surface area contributed by atoms with Crippen molar-refractivity contribution in [3.8, 4) is 0 Å². The van der Waals surface area contributed by atoms with E-state index in [2.05, 4.69) is 39.5 Å². The fraction of sp³-hybridized carbons (Fsp3) is 0.333. The van der Waals surface area contributed by atoms with Crippen molar-refractivity contribution in [2.24, 2.45) is 0 Å². The standard InChI is InChI=1S/C6H7.3ClH.Ti/c1-6-4-2-3-5-6;;;;/h4-5H,2H2,1H3;3*1H;/q;;;;+3/p-3. The zero-order chi connectivity index (χ0) is 5.28. The monoisotopic (exact) mass is 232 g/mol. The Kier molecular flexibility index (Phi) is 14.1. The van der Waals surface area contributed by atoms with Crippen molar-refractivity contribution in [1.29, 1.82) is 0 Å². The Labute approximate surface area is 92.2 Å². The average molecular weight is 233 g/mol. The molecule has 0 amide bonds. The summed E-state index contributed by atoms with van der Waals surface area (Å²) in [5.74, 6) is 0. The molecular weight excluding hydrogens is 226 g/mol. The third-order valence-corrected chi connectivity index (χ3v) is 1.59. The predicted octanol–water partition coefficient (Wildman–Crippen LogP) is -7.22. The summed E-state index contributed by atoms with van der Waals surface area (Å²) in [6, 6.07) is 0. The summed E-state index contributed by atoms with van der Waals surface area (Å²) in [7, 11) is 0. The molecular formula is C6H7Cl3Ti. The summed E-state index contributed by atoms with van der Waals surface area (Å²) >= 11 is 2.16. The molecule has 0 heterocycles. The van der Waals surface area contributed by atoms with Gasteiger partial charge in [-0.05, 0) is 0 Å². The summed E-state index contributed by atoms with van der Waals surface area (Å²) < 4.78 is 1.48. The van der Waals surface area contributed by atoms with E-state index in [0.717, 1.165) is 0 Å². The summed E-state index contributed by atoms with van der Waals surface area (Å²) in [4.78, 5) is 0. The second-order valence-corrected chi connectivity index (χ2v) is 2.82. The molecule has 0 aromatic heterocycles. The Balaban J connectivity index is -0.000000163. The summed E-state index contributed by atoms with van der Waals surface area (Å²) in [6.45, 7) is 2.14. The first-order valence-electron chi connectivity index (χ1n) is 2.38. The number of halogens is 3. The summed E-state index contributed by atoms with van der Waals surface area (Å²) in [5, 5.41) is 0. The van der Waals surface area contributed by atoms with Crippen LogP contribution >= 0.6 is 0 Å². The molecule has 0 radical (unpaired) electrons. The molecule has 0 aliphatic heterocycles. The van der Waals surface area contributed by atoms with Gasteiger partial charge in [-0.15, -0.1) is 0 Å². The van der Waals surface area contributed by atoms with Gasteiger partial charge in [-0.2, -0.15) is 0 Å². The molecule has 56 valence electrons. The van der Waals surface area contributed by atoms with Crippen molar-refractivity contribution < 1.29 is 57.7 Å². The SMILES string of the molecule is CC1=CC[C]([Ti+3])=C1.[Cl-].[Cl-].[Cl-]. The minimum absolute atomic E-state index is 0. The van der Waals surface area contributed by atoms with Crippen molar-refractivity contribution >= 4 is 0 Å². The van der Waals surface area contributed by atoms with Crippen LogP contribution in [0.1, 0.15) is 13.3 Å². The Morgan fingerprint density at radius 3 is 1.90 bits per heavy atom. The Morgan fingerprint density at radius 1 is 1.30 bits per heavy atom. The van der Waals surface area contributed by atoms with Crippen molar-refractivity contribution in [1.82, 2.24) is 0 Å². The van der Waals surface area contributed by atoms with Crippen LogP contribution in [0.2, 0.25) is 0 Å². The second-order valence-electron chi connectivity index (χ2n) is 1.82. The third kappa shape index (κ3) is 5.82. The molecule has 0 aromatic rings. The zero-order valence-electron chi connectivity index (χ0n) is 5.50. The van der Waals surface area contributed by atoms with Crippen molar-refractivity contribution in [3.63, 3.8) is 0 Å². The van der Waals surface area contributed by atoms with E-state index in [1.54, 1.807) is 0 Å². The fourth-order valence-electron chi connectivity index (χ4n) is 0.664. The average Bonchev–Trinajstić information content (AvgIpc) is 1.87. The van der Waals surface area contributed by atoms with Crippen LogP contribution in [0.15, 0.2) is 21.6 Å². The van der Waals surface area contributed by atoms with E-state index in [1.807, 2.05) is 0 Å². The van der Waals surface area contributed by atoms with E-state index in [4.69, 9.17) is 0 Å². The first-order chi connectivity index (χ1) is 3.29. The molecule has 0 N–H and O–H groups in total. The van der Waals surface area contributed by atoms with Crippen LogP contribution < -0.4 is 37.2 Å². The van der Waals surface area contributed by atoms with Crippen LogP contribution in [0.25, 0.3) is 0 Å². The number of rotatable bonds is 0. The molecule has 0 nitrogen and oxygen atoms in total. The van der Waals surface area contributed by atoms with E-state index in [0.29, 0.717) is 0 Å². The van der Waals surface area contributed by atoms with E-state index >= 15 is 0 Å². The fourth-order valence-corrected chi connectivity index (χ4v) is 1.18.